The van der Waals surface area contributed by atoms with Crippen molar-refractivity contribution in [2.24, 2.45) is 5.29 Å². The predicted molar refractivity (Wildman–Crippen MR) is 59.8 cm³/mol. The van der Waals surface area contributed by atoms with Gasteiger partial charge < -0.3 is 9.64 Å². The van der Waals surface area contributed by atoms with E-state index >= 15 is 0 Å². The van der Waals surface area contributed by atoms with Gasteiger partial charge in [-0.15, -0.1) is 4.91 Å². The SMILES string of the molecule is CC(C)(C)OC(=O)N1CCCN(N=O)CC1. The monoisotopic (exact) mass is 229 g/mol. The Morgan fingerprint density at radius 2 is 1.88 bits per heavy atom. The highest BCUT2D eigenvalue weighted by atomic mass is 16.6. The van der Waals surface area contributed by atoms with Crippen molar-refractivity contribution in [2.45, 2.75) is 32.8 Å². The van der Waals surface area contributed by atoms with Gasteiger partial charge in [-0.1, -0.05) is 0 Å². The maximum absolute atomic E-state index is 11.7. The minimum atomic E-state index is -0.480. The van der Waals surface area contributed by atoms with Gasteiger partial charge in [-0.3, -0.25) is 5.01 Å². The summed E-state index contributed by atoms with van der Waals surface area (Å²) in [4.78, 5) is 23.7. The van der Waals surface area contributed by atoms with Crippen LogP contribution in [0.5, 0.6) is 0 Å². The van der Waals surface area contributed by atoms with Gasteiger partial charge in [-0.25, -0.2) is 4.79 Å². The van der Waals surface area contributed by atoms with Gasteiger partial charge in [0.25, 0.3) is 0 Å². The minimum absolute atomic E-state index is 0.319. The fourth-order valence-corrected chi connectivity index (χ4v) is 1.49. The maximum atomic E-state index is 11.7. The molecule has 1 fully saturated rings. The highest BCUT2D eigenvalue weighted by Crippen LogP contribution is 2.11. The van der Waals surface area contributed by atoms with Crippen LogP contribution in [-0.2, 0) is 4.74 Å². The fourth-order valence-electron chi connectivity index (χ4n) is 1.49. The lowest BCUT2D eigenvalue weighted by atomic mass is 10.2. The number of rotatable bonds is 1. The van der Waals surface area contributed by atoms with Crippen LogP contribution in [0.15, 0.2) is 5.29 Å². The molecule has 6 heteroatoms. The van der Waals surface area contributed by atoms with Gasteiger partial charge in [0, 0.05) is 19.6 Å². The second-order valence-corrected chi connectivity index (χ2v) is 4.86. The fraction of sp³-hybridized carbons (Fsp3) is 0.900. The molecule has 0 bridgehead atoms. The molecule has 0 radical (unpaired) electrons. The lowest BCUT2D eigenvalue weighted by Gasteiger charge is -2.26. The van der Waals surface area contributed by atoms with E-state index < -0.39 is 5.60 Å². The van der Waals surface area contributed by atoms with E-state index in [-0.39, 0.29) is 6.09 Å². The summed E-state index contributed by atoms with van der Waals surface area (Å²) >= 11 is 0. The Kier molecular flexibility index (Phi) is 4.09. The van der Waals surface area contributed by atoms with E-state index in [0.717, 1.165) is 6.42 Å². The van der Waals surface area contributed by atoms with Gasteiger partial charge in [0.2, 0.25) is 0 Å². The number of nitrogens with zero attached hydrogens (tertiary/aromatic N) is 3. The molecule has 0 saturated carbocycles. The molecule has 0 aromatic heterocycles. The lowest BCUT2D eigenvalue weighted by molar-refractivity contribution is 0.0258. The largest absolute Gasteiger partial charge is 0.444 e. The average Bonchev–Trinajstić information content (AvgIpc) is 2.39. The molecule has 0 unspecified atom stereocenters. The minimum Gasteiger partial charge on any atom is -0.444 e. The summed E-state index contributed by atoms with van der Waals surface area (Å²) in [6.45, 7) is 7.68. The van der Waals surface area contributed by atoms with E-state index in [1.54, 1.807) is 4.90 Å². The van der Waals surface area contributed by atoms with Gasteiger partial charge in [-0.05, 0) is 27.2 Å². The molecule has 0 aliphatic carbocycles. The second kappa shape index (κ2) is 5.14. The molecule has 1 aliphatic heterocycles. The quantitative estimate of drug-likeness (QED) is 0.641. The summed E-state index contributed by atoms with van der Waals surface area (Å²) in [6, 6.07) is 0. The molecule has 1 amide bonds. The number of hydrogen-bond acceptors (Lipinski definition) is 4. The van der Waals surface area contributed by atoms with E-state index in [1.807, 2.05) is 20.8 Å². The van der Waals surface area contributed by atoms with Crippen LogP contribution in [0.1, 0.15) is 27.2 Å². The first-order valence-corrected chi connectivity index (χ1v) is 5.48. The molecule has 0 atom stereocenters. The first-order chi connectivity index (χ1) is 7.42. The number of carbonyl (C=O) groups excluding carboxylic acids is 1. The Labute approximate surface area is 95.5 Å². The summed E-state index contributed by atoms with van der Waals surface area (Å²) in [5.41, 5.74) is -0.480. The van der Waals surface area contributed by atoms with Crippen LogP contribution in [0, 0.1) is 4.91 Å². The van der Waals surface area contributed by atoms with Gasteiger partial charge >= 0.3 is 6.09 Å². The Hall–Kier alpha value is -1.33. The van der Waals surface area contributed by atoms with Crippen molar-refractivity contribution >= 4 is 6.09 Å². The predicted octanol–water partition coefficient (Wildman–Crippen LogP) is 1.61. The van der Waals surface area contributed by atoms with Gasteiger partial charge in [0.15, 0.2) is 0 Å². The van der Waals surface area contributed by atoms with Crippen LogP contribution in [-0.4, -0.2) is 47.8 Å². The standard InChI is InChI=1S/C10H19N3O3/c1-10(2,3)16-9(14)12-5-4-6-13(11-15)8-7-12/h4-8H2,1-3H3. The Morgan fingerprint density at radius 3 is 2.44 bits per heavy atom. The Morgan fingerprint density at radius 1 is 1.19 bits per heavy atom. The highest BCUT2D eigenvalue weighted by Gasteiger charge is 2.24. The van der Waals surface area contributed by atoms with Crippen LogP contribution in [0.4, 0.5) is 4.79 Å². The number of carbonyl (C=O) groups is 1. The average molecular weight is 229 g/mol. The highest BCUT2D eigenvalue weighted by molar-refractivity contribution is 5.68. The first kappa shape index (κ1) is 12.7. The van der Waals surface area contributed by atoms with Gasteiger partial charge in [-0.2, -0.15) is 0 Å². The third-order valence-corrected chi connectivity index (χ3v) is 2.24. The molecule has 0 aromatic carbocycles. The molecule has 1 heterocycles. The topological polar surface area (TPSA) is 62.2 Å². The molecule has 6 nitrogen and oxygen atoms in total. The van der Waals surface area contributed by atoms with Crippen molar-refractivity contribution in [1.29, 1.82) is 0 Å². The molecule has 0 spiro atoms. The zero-order valence-corrected chi connectivity index (χ0v) is 10.1. The summed E-state index contributed by atoms with van der Waals surface area (Å²) in [6.07, 6.45) is 0.422. The molecule has 92 valence electrons. The summed E-state index contributed by atoms with van der Waals surface area (Å²) in [5.74, 6) is 0. The molecule has 1 aliphatic rings. The molecular formula is C10H19N3O3. The van der Waals surface area contributed by atoms with E-state index in [1.165, 1.54) is 5.01 Å². The third kappa shape index (κ3) is 4.04. The van der Waals surface area contributed by atoms with E-state index in [9.17, 15) is 9.70 Å². The number of ether oxygens (including phenoxy) is 1. The van der Waals surface area contributed by atoms with Crippen molar-refractivity contribution in [1.82, 2.24) is 9.91 Å². The Balaban J connectivity index is 2.48. The molecular weight excluding hydrogens is 210 g/mol. The zero-order valence-electron chi connectivity index (χ0n) is 10.1. The first-order valence-electron chi connectivity index (χ1n) is 5.48. The maximum Gasteiger partial charge on any atom is 0.410 e. The number of hydrogen-bond donors (Lipinski definition) is 0. The number of amides is 1. The summed E-state index contributed by atoms with van der Waals surface area (Å²) in [7, 11) is 0. The van der Waals surface area contributed by atoms with E-state index in [4.69, 9.17) is 4.74 Å². The van der Waals surface area contributed by atoms with Crippen LogP contribution in [0.25, 0.3) is 0 Å². The molecule has 0 N–H and O–H groups in total. The second-order valence-electron chi connectivity index (χ2n) is 4.86. The van der Waals surface area contributed by atoms with Crippen molar-refractivity contribution in [3.05, 3.63) is 4.91 Å². The van der Waals surface area contributed by atoms with E-state index in [0.29, 0.717) is 26.2 Å². The van der Waals surface area contributed by atoms with Crippen LogP contribution in [0.2, 0.25) is 0 Å². The van der Waals surface area contributed by atoms with Crippen molar-refractivity contribution < 1.29 is 9.53 Å². The third-order valence-electron chi connectivity index (χ3n) is 2.24. The molecule has 0 aromatic rings. The van der Waals surface area contributed by atoms with Crippen LogP contribution in [0.3, 0.4) is 0 Å². The van der Waals surface area contributed by atoms with Crippen LogP contribution < -0.4 is 0 Å². The van der Waals surface area contributed by atoms with Gasteiger partial charge in [0.1, 0.15) is 5.60 Å². The molecule has 1 saturated heterocycles. The van der Waals surface area contributed by atoms with Crippen LogP contribution >= 0.6 is 0 Å². The lowest BCUT2D eigenvalue weighted by Crippen LogP contribution is -2.38. The van der Waals surface area contributed by atoms with Crippen molar-refractivity contribution in [2.75, 3.05) is 26.2 Å². The summed E-state index contributed by atoms with van der Waals surface area (Å²) < 4.78 is 5.26. The van der Waals surface area contributed by atoms with Gasteiger partial charge in [0.05, 0.1) is 11.8 Å². The van der Waals surface area contributed by atoms with Crippen molar-refractivity contribution in [3.8, 4) is 0 Å². The van der Waals surface area contributed by atoms with Crippen molar-refractivity contribution in [3.63, 3.8) is 0 Å². The molecule has 16 heavy (non-hydrogen) atoms. The smallest absolute Gasteiger partial charge is 0.410 e. The number of nitroso groups, excluding NO2 is 1. The molecule has 1 rings (SSSR count). The normalized spacial score (nSPS) is 17.9. The zero-order chi connectivity index (χ0) is 12.2. The summed E-state index contributed by atoms with van der Waals surface area (Å²) in [5, 5.41) is 4.32. The van der Waals surface area contributed by atoms with E-state index in [2.05, 4.69) is 5.29 Å². The Bertz CT molecular complexity index is 263.